The molecule has 1 unspecified atom stereocenters. The van der Waals surface area contributed by atoms with Gasteiger partial charge in [0.1, 0.15) is 0 Å². The fourth-order valence-electron chi connectivity index (χ4n) is 3.55. The minimum Gasteiger partial charge on any atom is -0.321 e. The van der Waals surface area contributed by atoms with Crippen LogP contribution in [0, 0.1) is 17.2 Å². The summed E-state index contributed by atoms with van der Waals surface area (Å²) in [4.78, 5) is 0. The summed E-state index contributed by atoms with van der Waals surface area (Å²) in [6.45, 7) is 8.98. The Morgan fingerprint density at radius 3 is 2.14 bits per heavy atom. The Kier molecular flexibility index (Phi) is 12.3. The molecule has 0 bridgehead atoms. The molecule has 0 amide bonds. The minimum atomic E-state index is -2.92. The van der Waals surface area contributed by atoms with Crippen LogP contribution >= 0.6 is 16.1 Å². The van der Waals surface area contributed by atoms with Gasteiger partial charge in [-0.3, -0.25) is 4.57 Å². The summed E-state index contributed by atoms with van der Waals surface area (Å²) < 4.78 is 37.0. The highest BCUT2D eigenvalue weighted by Gasteiger charge is 2.32. The summed E-state index contributed by atoms with van der Waals surface area (Å²) >= 11 is 0. The maximum atomic E-state index is 12.2. The molecule has 0 aromatic heterocycles. The number of nitrogens with zero attached hydrogens (tertiary/aromatic N) is 2. The van der Waals surface area contributed by atoms with Crippen LogP contribution in [-0.2, 0) is 22.7 Å². The van der Waals surface area contributed by atoms with Gasteiger partial charge in [0.15, 0.2) is 0 Å². The van der Waals surface area contributed by atoms with Crippen LogP contribution in [-0.4, -0.2) is 49.8 Å². The van der Waals surface area contributed by atoms with Gasteiger partial charge in [-0.25, -0.2) is 4.67 Å². The summed E-state index contributed by atoms with van der Waals surface area (Å²) in [6.07, 6.45) is 5.89. The lowest BCUT2D eigenvalue weighted by atomic mass is 9.86. The van der Waals surface area contributed by atoms with Crippen molar-refractivity contribution in [1.29, 1.82) is 5.26 Å². The van der Waals surface area contributed by atoms with Crippen LogP contribution in [0.15, 0.2) is 0 Å². The lowest BCUT2D eigenvalue weighted by molar-refractivity contribution is 0.0935. The van der Waals surface area contributed by atoms with Gasteiger partial charge < -0.3 is 18.1 Å². The smallest absolute Gasteiger partial charge is 0.321 e. The van der Waals surface area contributed by atoms with E-state index in [4.69, 9.17) is 23.4 Å². The molecule has 0 saturated heterocycles. The number of nitriles is 1. The summed E-state index contributed by atoms with van der Waals surface area (Å²) in [6, 6.07) is 2.75. The third kappa shape index (κ3) is 8.76. The predicted octanol–water partition coefficient (Wildman–Crippen LogP) is 5.71. The van der Waals surface area contributed by atoms with Crippen LogP contribution in [0.25, 0.3) is 0 Å². The van der Waals surface area contributed by atoms with Crippen molar-refractivity contribution >= 4 is 16.1 Å². The van der Waals surface area contributed by atoms with Crippen LogP contribution in [0.1, 0.15) is 66.2 Å². The highest BCUT2D eigenvalue weighted by Crippen LogP contribution is 2.50. The molecule has 164 valence electrons. The van der Waals surface area contributed by atoms with Gasteiger partial charge in [0.05, 0.1) is 31.4 Å². The van der Waals surface area contributed by atoms with Gasteiger partial charge in [-0.1, -0.05) is 0 Å². The Balaban J connectivity index is 2.57. The van der Waals surface area contributed by atoms with Crippen molar-refractivity contribution in [3.63, 3.8) is 0 Å². The Bertz CT molecular complexity index is 503. The van der Waals surface area contributed by atoms with Crippen molar-refractivity contribution in [2.24, 2.45) is 5.92 Å². The molecule has 0 radical (unpaired) electrons. The van der Waals surface area contributed by atoms with Gasteiger partial charge in [0.25, 0.3) is 8.53 Å². The van der Waals surface area contributed by atoms with E-state index in [1.807, 2.05) is 0 Å². The zero-order valence-electron chi connectivity index (χ0n) is 18.3. The van der Waals surface area contributed by atoms with Crippen molar-refractivity contribution in [3.8, 4) is 6.07 Å². The summed E-state index contributed by atoms with van der Waals surface area (Å²) in [5, 5.41) is 8.82. The van der Waals surface area contributed by atoms with Gasteiger partial charge in [-0.2, -0.15) is 5.26 Å². The molecule has 1 atom stereocenters. The zero-order chi connectivity index (χ0) is 21.2. The third-order valence-electron chi connectivity index (χ3n) is 5.06. The van der Waals surface area contributed by atoms with E-state index in [9.17, 15) is 4.57 Å². The molecule has 0 N–H and O–H groups in total. The summed E-state index contributed by atoms with van der Waals surface area (Å²) in [5.74, 6) is 0.524. The van der Waals surface area contributed by atoms with Crippen molar-refractivity contribution in [1.82, 2.24) is 4.67 Å². The zero-order valence-corrected chi connectivity index (χ0v) is 20.1. The summed E-state index contributed by atoms with van der Waals surface area (Å²) in [5.41, 5.74) is 0. The number of hydrogen-bond acceptors (Lipinski definition) is 7. The van der Waals surface area contributed by atoms with Gasteiger partial charge in [0, 0.05) is 26.3 Å². The van der Waals surface area contributed by atoms with E-state index in [1.54, 1.807) is 0 Å². The Hall–Kier alpha value is -0.0500. The minimum absolute atomic E-state index is 0.168. The topological polar surface area (TPSA) is 81.0 Å². The maximum Gasteiger partial charge on any atom is 0.330 e. The highest BCUT2D eigenvalue weighted by molar-refractivity contribution is 7.53. The van der Waals surface area contributed by atoms with Crippen molar-refractivity contribution in [2.45, 2.75) is 84.4 Å². The summed E-state index contributed by atoms with van der Waals surface area (Å²) in [7, 11) is -1.22. The van der Waals surface area contributed by atoms with E-state index < -0.39 is 16.1 Å². The molecular formula is C19H38N2O5P2. The third-order valence-corrected chi connectivity index (χ3v) is 9.16. The highest BCUT2D eigenvalue weighted by atomic mass is 31.2. The van der Waals surface area contributed by atoms with Gasteiger partial charge in [-0.15, -0.1) is 0 Å². The molecule has 0 aromatic rings. The largest absolute Gasteiger partial charge is 0.330 e. The van der Waals surface area contributed by atoms with Crippen LogP contribution in [0.3, 0.4) is 0 Å². The van der Waals surface area contributed by atoms with Crippen molar-refractivity contribution < 1.29 is 22.7 Å². The van der Waals surface area contributed by atoms with E-state index in [0.717, 1.165) is 32.1 Å². The predicted molar refractivity (Wildman–Crippen MR) is 113 cm³/mol. The number of hydrogen-bond donors (Lipinski definition) is 0. The fourth-order valence-corrected chi connectivity index (χ4v) is 6.51. The molecule has 0 spiro atoms. The van der Waals surface area contributed by atoms with Crippen molar-refractivity contribution in [2.75, 3.05) is 27.0 Å². The molecule has 1 rings (SSSR count). The van der Waals surface area contributed by atoms with E-state index in [1.165, 1.54) is 14.2 Å². The van der Waals surface area contributed by atoms with Crippen LogP contribution in [0.5, 0.6) is 0 Å². The molecule has 0 aromatic carbocycles. The first-order valence-corrected chi connectivity index (χ1v) is 13.1. The normalized spacial score (nSPS) is 22.0. The monoisotopic (exact) mass is 436 g/mol. The molecule has 7 nitrogen and oxygen atoms in total. The second-order valence-electron chi connectivity index (χ2n) is 7.78. The van der Waals surface area contributed by atoms with Gasteiger partial charge >= 0.3 is 7.60 Å². The first kappa shape index (κ1) is 26.0. The second kappa shape index (κ2) is 13.3. The number of rotatable bonds is 13. The average molecular weight is 436 g/mol. The molecule has 28 heavy (non-hydrogen) atoms. The molecule has 1 saturated carbocycles. The molecule has 9 heteroatoms. The lowest BCUT2D eigenvalue weighted by Crippen LogP contribution is -2.35. The molecule has 0 aliphatic heterocycles. The average Bonchev–Trinajstić information content (AvgIpc) is 2.66. The molecule has 1 aliphatic rings. The van der Waals surface area contributed by atoms with Gasteiger partial charge in [-0.05, 0) is 65.7 Å². The second-order valence-corrected chi connectivity index (χ2v) is 11.6. The van der Waals surface area contributed by atoms with Crippen LogP contribution < -0.4 is 0 Å². The first-order chi connectivity index (χ1) is 13.3. The Morgan fingerprint density at radius 2 is 1.68 bits per heavy atom. The Morgan fingerprint density at radius 1 is 1.11 bits per heavy atom. The van der Waals surface area contributed by atoms with Gasteiger partial charge in [0.2, 0.25) is 0 Å². The van der Waals surface area contributed by atoms with Crippen LogP contribution in [0.2, 0.25) is 0 Å². The standard InChI is InChI=1S/C19H38N2O5P2/c1-16(2)21(17(3)4)27(25-14-7-13-20)26-19-10-8-18(9-11-19)12-15-28(22,23-5)24-6/h16-19H,7-12,14-15H2,1-6H3. The molecule has 1 fully saturated rings. The Labute approximate surface area is 172 Å². The maximum absolute atomic E-state index is 12.2. The molecular weight excluding hydrogens is 398 g/mol. The van der Waals surface area contributed by atoms with Crippen molar-refractivity contribution in [3.05, 3.63) is 0 Å². The SMILES string of the molecule is COP(=O)(CCC1CCC(OP(OCCC#N)N(C(C)C)C(C)C)CC1)OC. The van der Waals surface area contributed by atoms with E-state index >= 15 is 0 Å². The fraction of sp³-hybridized carbons (Fsp3) is 0.947. The lowest BCUT2D eigenvalue weighted by Gasteiger charge is -2.38. The van der Waals surface area contributed by atoms with E-state index in [0.29, 0.717) is 37.2 Å². The quantitative estimate of drug-likeness (QED) is 0.270. The van der Waals surface area contributed by atoms with E-state index in [2.05, 4.69) is 38.4 Å². The van der Waals surface area contributed by atoms with Crippen LogP contribution in [0.4, 0.5) is 0 Å². The first-order valence-electron chi connectivity index (χ1n) is 10.2. The molecule has 1 aliphatic carbocycles. The molecule has 0 heterocycles. The van der Waals surface area contributed by atoms with E-state index in [-0.39, 0.29) is 6.10 Å².